The van der Waals surface area contributed by atoms with Gasteiger partial charge in [0.2, 0.25) is 0 Å². The summed E-state index contributed by atoms with van der Waals surface area (Å²) in [5.41, 5.74) is 4.44. The number of nitrogens with one attached hydrogen (secondary N) is 1. The van der Waals surface area contributed by atoms with Crippen molar-refractivity contribution in [1.29, 1.82) is 0 Å². The van der Waals surface area contributed by atoms with Crippen LogP contribution in [0.5, 0.6) is 5.75 Å². The summed E-state index contributed by atoms with van der Waals surface area (Å²) in [5, 5.41) is 2.23. The molecule has 2 rings (SSSR count). The zero-order valence-electron chi connectivity index (χ0n) is 9.23. The fourth-order valence-corrected chi connectivity index (χ4v) is 2.01. The Morgan fingerprint density at radius 1 is 1.53 bits per heavy atom. The Bertz CT molecular complexity index is 329. The summed E-state index contributed by atoms with van der Waals surface area (Å²) in [4.78, 5) is 4.19. The first kappa shape index (κ1) is 10.4. The number of nitrogens with zero attached hydrogens (tertiary/aromatic N) is 2. The number of pyridine rings is 1. The monoisotopic (exact) mass is 207 g/mol. The number of rotatable bonds is 3. The molecule has 1 aromatic rings. The molecule has 0 saturated carbocycles. The van der Waals surface area contributed by atoms with E-state index in [0.29, 0.717) is 5.92 Å². The Balaban J connectivity index is 2.09. The number of hydrogen-bond donors (Lipinski definition) is 1. The Labute approximate surface area is 90.2 Å². The summed E-state index contributed by atoms with van der Waals surface area (Å²) < 4.78 is 5.18. The van der Waals surface area contributed by atoms with Crippen LogP contribution < -0.4 is 10.2 Å². The molecule has 0 unspecified atom stereocenters. The van der Waals surface area contributed by atoms with E-state index in [1.165, 1.54) is 12.0 Å². The number of methoxy groups -OCH3 is 1. The molecule has 0 spiro atoms. The van der Waals surface area contributed by atoms with Gasteiger partial charge in [-0.1, -0.05) is 0 Å². The molecule has 82 valence electrons. The van der Waals surface area contributed by atoms with E-state index >= 15 is 0 Å². The summed E-state index contributed by atoms with van der Waals surface area (Å²) in [6.07, 6.45) is 4.86. The molecule has 0 amide bonds. The summed E-state index contributed by atoms with van der Waals surface area (Å²) in [6, 6.07) is 2.08. The van der Waals surface area contributed by atoms with Gasteiger partial charge in [0.05, 0.1) is 13.3 Å². The Morgan fingerprint density at radius 3 is 3.07 bits per heavy atom. The Morgan fingerprint density at radius 2 is 2.40 bits per heavy atom. The molecule has 4 nitrogen and oxygen atoms in total. The number of hydrogen-bond acceptors (Lipinski definition) is 4. The first-order chi connectivity index (χ1) is 7.33. The molecule has 0 aromatic carbocycles. The highest BCUT2D eigenvalue weighted by molar-refractivity contribution is 5.27. The number of aromatic nitrogens is 1. The largest absolute Gasteiger partial charge is 0.495 e. The van der Waals surface area contributed by atoms with Crippen molar-refractivity contribution in [1.82, 2.24) is 15.4 Å². The second kappa shape index (κ2) is 4.59. The van der Waals surface area contributed by atoms with Gasteiger partial charge in [0.25, 0.3) is 0 Å². The van der Waals surface area contributed by atoms with Crippen LogP contribution in [0.1, 0.15) is 17.9 Å². The van der Waals surface area contributed by atoms with E-state index in [1.807, 2.05) is 13.2 Å². The van der Waals surface area contributed by atoms with Crippen molar-refractivity contribution < 1.29 is 4.74 Å². The predicted octanol–water partition coefficient (Wildman–Crippen LogP) is 1.01. The van der Waals surface area contributed by atoms with Crippen LogP contribution in [-0.2, 0) is 0 Å². The van der Waals surface area contributed by atoms with Crippen LogP contribution in [0.4, 0.5) is 0 Å². The van der Waals surface area contributed by atoms with E-state index in [9.17, 15) is 0 Å². The van der Waals surface area contributed by atoms with Gasteiger partial charge < -0.3 is 4.74 Å². The lowest BCUT2D eigenvalue weighted by Crippen LogP contribution is -2.32. The van der Waals surface area contributed by atoms with Crippen LogP contribution in [0.15, 0.2) is 18.5 Å². The summed E-state index contributed by atoms with van der Waals surface area (Å²) >= 11 is 0. The fourth-order valence-electron chi connectivity index (χ4n) is 2.01. The van der Waals surface area contributed by atoms with Crippen molar-refractivity contribution in [2.24, 2.45) is 0 Å². The summed E-state index contributed by atoms with van der Waals surface area (Å²) in [6.45, 7) is 2.14. The number of hydrazine groups is 1. The van der Waals surface area contributed by atoms with Crippen molar-refractivity contribution in [3.8, 4) is 5.75 Å². The number of ether oxygens (including phenoxy) is 1. The second-order valence-electron chi connectivity index (χ2n) is 3.81. The standard InChI is InChI=1S/C11H17N3O/c1-12-14-4-3-9(8-14)10-5-11(15-2)7-13-6-10/h5-7,9,12H,3-4,8H2,1-2H3/t9-/m0/s1. The van der Waals surface area contributed by atoms with Gasteiger partial charge in [-0.25, -0.2) is 5.01 Å². The van der Waals surface area contributed by atoms with Crippen LogP contribution >= 0.6 is 0 Å². The van der Waals surface area contributed by atoms with Gasteiger partial charge in [0, 0.05) is 25.2 Å². The molecule has 15 heavy (non-hydrogen) atoms. The molecule has 1 saturated heterocycles. The third kappa shape index (κ3) is 2.27. The van der Waals surface area contributed by atoms with Crippen LogP contribution in [0.3, 0.4) is 0 Å². The molecule has 0 bridgehead atoms. The molecular formula is C11H17N3O. The highest BCUT2D eigenvalue weighted by atomic mass is 16.5. The highest BCUT2D eigenvalue weighted by Crippen LogP contribution is 2.27. The first-order valence-corrected chi connectivity index (χ1v) is 5.24. The molecule has 0 aliphatic carbocycles. The minimum Gasteiger partial charge on any atom is -0.495 e. The maximum Gasteiger partial charge on any atom is 0.137 e. The van der Waals surface area contributed by atoms with Crippen molar-refractivity contribution >= 4 is 0 Å². The quantitative estimate of drug-likeness (QED) is 0.803. The maximum atomic E-state index is 5.18. The topological polar surface area (TPSA) is 37.4 Å². The van der Waals surface area contributed by atoms with Gasteiger partial charge in [-0.3, -0.25) is 10.4 Å². The molecule has 1 aromatic heterocycles. The average molecular weight is 207 g/mol. The normalized spacial score (nSPS) is 21.9. The minimum atomic E-state index is 0.569. The molecule has 0 radical (unpaired) electrons. The molecule has 1 aliphatic heterocycles. The second-order valence-corrected chi connectivity index (χ2v) is 3.81. The molecule has 2 heterocycles. The van der Waals surface area contributed by atoms with Crippen LogP contribution in [0.2, 0.25) is 0 Å². The van der Waals surface area contributed by atoms with Gasteiger partial charge in [0.15, 0.2) is 0 Å². The van der Waals surface area contributed by atoms with E-state index in [-0.39, 0.29) is 0 Å². The van der Waals surface area contributed by atoms with E-state index in [2.05, 4.69) is 21.5 Å². The third-order valence-electron chi connectivity index (χ3n) is 2.95. The van der Waals surface area contributed by atoms with Gasteiger partial charge in [-0.05, 0) is 25.1 Å². The predicted molar refractivity (Wildman–Crippen MR) is 58.8 cm³/mol. The lowest BCUT2D eigenvalue weighted by molar-refractivity contribution is 0.258. The molecule has 1 fully saturated rings. The minimum absolute atomic E-state index is 0.569. The maximum absolute atomic E-state index is 5.18. The van der Waals surface area contributed by atoms with Crippen molar-refractivity contribution in [3.63, 3.8) is 0 Å². The smallest absolute Gasteiger partial charge is 0.137 e. The van der Waals surface area contributed by atoms with Gasteiger partial charge in [-0.15, -0.1) is 0 Å². The van der Waals surface area contributed by atoms with E-state index in [0.717, 1.165) is 18.8 Å². The van der Waals surface area contributed by atoms with Crippen molar-refractivity contribution in [3.05, 3.63) is 24.0 Å². The first-order valence-electron chi connectivity index (χ1n) is 5.24. The van der Waals surface area contributed by atoms with Crippen molar-refractivity contribution in [2.45, 2.75) is 12.3 Å². The van der Waals surface area contributed by atoms with E-state index in [4.69, 9.17) is 4.74 Å². The fraction of sp³-hybridized carbons (Fsp3) is 0.545. The zero-order valence-corrected chi connectivity index (χ0v) is 9.23. The van der Waals surface area contributed by atoms with E-state index in [1.54, 1.807) is 13.3 Å². The lowest BCUT2D eigenvalue weighted by atomic mass is 10.0. The van der Waals surface area contributed by atoms with E-state index < -0.39 is 0 Å². The average Bonchev–Trinajstić information content (AvgIpc) is 2.78. The highest BCUT2D eigenvalue weighted by Gasteiger charge is 2.23. The Kier molecular flexibility index (Phi) is 3.18. The van der Waals surface area contributed by atoms with Crippen LogP contribution in [0, 0.1) is 0 Å². The molecule has 1 atom stereocenters. The van der Waals surface area contributed by atoms with Crippen LogP contribution in [-0.4, -0.2) is 37.2 Å². The molecule has 4 heteroatoms. The Hall–Kier alpha value is -1.13. The summed E-state index contributed by atoms with van der Waals surface area (Å²) in [7, 11) is 3.64. The lowest BCUT2D eigenvalue weighted by Gasteiger charge is -2.14. The SMILES string of the molecule is CNN1CC[C@H](c2cncc(OC)c2)C1. The van der Waals surface area contributed by atoms with Crippen molar-refractivity contribution in [2.75, 3.05) is 27.2 Å². The summed E-state index contributed by atoms with van der Waals surface area (Å²) in [5.74, 6) is 1.41. The third-order valence-corrected chi connectivity index (χ3v) is 2.95. The zero-order chi connectivity index (χ0) is 10.7. The molecular weight excluding hydrogens is 190 g/mol. The molecule has 1 aliphatic rings. The van der Waals surface area contributed by atoms with Crippen LogP contribution in [0.25, 0.3) is 0 Å². The van der Waals surface area contributed by atoms with Gasteiger partial charge >= 0.3 is 0 Å². The molecule has 1 N–H and O–H groups in total. The van der Waals surface area contributed by atoms with Gasteiger partial charge in [0.1, 0.15) is 5.75 Å². The van der Waals surface area contributed by atoms with Gasteiger partial charge in [-0.2, -0.15) is 0 Å².